The highest BCUT2D eigenvalue weighted by Gasteiger charge is 2.39. The van der Waals surface area contributed by atoms with E-state index in [0.717, 1.165) is 47.2 Å². The summed E-state index contributed by atoms with van der Waals surface area (Å²) in [5.41, 5.74) is 4.75. The quantitative estimate of drug-likeness (QED) is 0.563. The minimum Gasteiger partial charge on any atom is -0.484 e. The van der Waals surface area contributed by atoms with Crippen molar-refractivity contribution in [3.63, 3.8) is 0 Å². The van der Waals surface area contributed by atoms with Gasteiger partial charge in [-0.05, 0) is 84.8 Å². The maximum atomic E-state index is 13.6. The zero-order valence-corrected chi connectivity index (χ0v) is 19.1. The number of nitrogens with one attached hydrogen (secondary N) is 1. The molecule has 1 aliphatic carbocycles. The maximum Gasteiger partial charge on any atom is 0.262 e. The first-order valence-electron chi connectivity index (χ1n) is 11.7. The van der Waals surface area contributed by atoms with E-state index in [1.54, 1.807) is 12.1 Å². The van der Waals surface area contributed by atoms with Crippen molar-refractivity contribution in [1.29, 1.82) is 0 Å². The number of amides is 2. The first-order chi connectivity index (χ1) is 16.5. The molecule has 174 valence electrons. The van der Waals surface area contributed by atoms with Crippen molar-refractivity contribution in [2.24, 2.45) is 5.92 Å². The fourth-order valence-electron chi connectivity index (χ4n) is 4.56. The Morgan fingerprint density at radius 3 is 2.59 bits per heavy atom. The number of aryl methyl sites for hydroxylation is 1. The van der Waals surface area contributed by atoms with Crippen LogP contribution in [0, 0.1) is 18.7 Å². The van der Waals surface area contributed by atoms with Crippen molar-refractivity contribution in [3.8, 4) is 5.75 Å². The Kier molecular flexibility index (Phi) is 6.05. The van der Waals surface area contributed by atoms with Gasteiger partial charge in [-0.15, -0.1) is 0 Å². The van der Waals surface area contributed by atoms with Gasteiger partial charge in [-0.3, -0.25) is 9.59 Å². The second-order valence-corrected chi connectivity index (χ2v) is 9.08. The molecule has 5 nitrogen and oxygen atoms in total. The molecule has 2 aliphatic rings. The number of nitrogens with zero attached hydrogens (tertiary/aromatic N) is 1. The highest BCUT2D eigenvalue weighted by Crippen LogP contribution is 2.41. The number of rotatable bonds is 6. The molecule has 3 aromatic rings. The monoisotopic (exact) mass is 458 g/mol. The van der Waals surface area contributed by atoms with E-state index in [2.05, 4.69) is 5.32 Å². The first kappa shape index (κ1) is 22.1. The third-order valence-corrected chi connectivity index (χ3v) is 6.41. The van der Waals surface area contributed by atoms with Crippen molar-refractivity contribution < 1.29 is 18.7 Å². The Labute approximate surface area is 198 Å². The SMILES string of the molecule is Cc1cccc(NC(=O)COc2ccc3c(c2)[C@@H](c2ccc(F)cc2)N(C(=O)C2CC2)CC3)c1. The maximum absolute atomic E-state index is 13.6. The lowest BCUT2D eigenvalue weighted by Gasteiger charge is -2.38. The Balaban J connectivity index is 1.37. The molecule has 1 heterocycles. The molecule has 3 aromatic carbocycles. The van der Waals surface area contributed by atoms with Crippen molar-refractivity contribution in [2.75, 3.05) is 18.5 Å². The van der Waals surface area contributed by atoms with Crippen LogP contribution in [0.2, 0.25) is 0 Å². The number of hydrogen-bond acceptors (Lipinski definition) is 3. The van der Waals surface area contributed by atoms with Gasteiger partial charge in [0.1, 0.15) is 11.6 Å². The normalized spacial score (nSPS) is 17.1. The van der Waals surface area contributed by atoms with Crippen LogP contribution in [-0.4, -0.2) is 29.9 Å². The molecule has 1 N–H and O–H groups in total. The number of carbonyl (C=O) groups excluding carboxylic acids is 2. The molecule has 0 radical (unpaired) electrons. The molecule has 2 amide bonds. The molecular weight excluding hydrogens is 431 g/mol. The van der Waals surface area contributed by atoms with E-state index in [1.807, 2.05) is 54.3 Å². The van der Waals surface area contributed by atoms with Gasteiger partial charge in [0, 0.05) is 18.2 Å². The first-order valence-corrected chi connectivity index (χ1v) is 11.7. The number of halogens is 1. The number of hydrogen-bond donors (Lipinski definition) is 1. The summed E-state index contributed by atoms with van der Waals surface area (Å²) >= 11 is 0. The highest BCUT2D eigenvalue weighted by atomic mass is 19.1. The number of benzene rings is 3. The van der Waals surface area contributed by atoms with Crippen LogP contribution < -0.4 is 10.1 Å². The van der Waals surface area contributed by atoms with Gasteiger partial charge in [0.25, 0.3) is 5.91 Å². The second kappa shape index (κ2) is 9.29. The lowest BCUT2D eigenvalue weighted by atomic mass is 9.87. The lowest BCUT2D eigenvalue weighted by Crippen LogP contribution is -2.41. The lowest BCUT2D eigenvalue weighted by molar-refractivity contribution is -0.134. The summed E-state index contributed by atoms with van der Waals surface area (Å²) in [6, 6.07) is 19.4. The second-order valence-electron chi connectivity index (χ2n) is 9.08. The Morgan fingerprint density at radius 2 is 1.85 bits per heavy atom. The van der Waals surface area contributed by atoms with E-state index >= 15 is 0 Å². The standard InChI is InChI=1S/C28H27FN2O3/c1-18-3-2-4-23(15-18)30-26(32)17-34-24-12-9-19-13-14-31(28(33)21-5-6-21)27(25(19)16-24)20-7-10-22(29)11-8-20/h2-4,7-12,15-16,21,27H,5-6,13-14,17H2,1H3,(H,30,32)/t27-/m1/s1. The van der Waals surface area contributed by atoms with E-state index in [0.29, 0.717) is 12.3 Å². The summed E-state index contributed by atoms with van der Waals surface area (Å²) < 4.78 is 19.4. The molecule has 1 fully saturated rings. The number of ether oxygens (including phenoxy) is 1. The molecule has 1 saturated carbocycles. The van der Waals surface area contributed by atoms with E-state index in [9.17, 15) is 14.0 Å². The summed E-state index contributed by atoms with van der Waals surface area (Å²) in [5.74, 6) is 0.254. The van der Waals surface area contributed by atoms with E-state index < -0.39 is 0 Å². The van der Waals surface area contributed by atoms with Crippen molar-refractivity contribution >= 4 is 17.5 Å². The number of fused-ring (bicyclic) bond motifs is 1. The van der Waals surface area contributed by atoms with Gasteiger partial charge in [-0.2, -0.15) is 0 Å². The summed E-state index contributed by atoms with van der Waals surface area (Å²) in [6.07, 6.45) is 2.61. The Bertz CT molecular complexity index is 1220. The van der Waals surface area contributed by atoms with Gasteiger partial charge in [-0.1, -0.05) is 30.3 Å². The molecular formula is C28H27FN2O3. The minimum atomic E-state index is -0.309. The van der Waals surface area contributed by atoms with Crippen molar-refractivity contribution in [2.45, 2.75) is 32.2 Å². The van der Waals surface area contributed by atoms with Crippen LogP contribution in [0.4, 0.5) is 10.1 Å². The average Bonchev–Trinajstić information content (AvgIpc) is 3.68. The van der Waals surface area contributed by atoms with Crippen LogP contribution in [0.5, 0.6) is 5.75 Å². The third kappa shape index (κ3) is 4.81. The van der Waals surface area contributed by atoms with Crippen LogP contribution in [0.15, 0.2) is 66.7 Å². The van der Waals surface area contributed by atoms with Crippen LogP contribution in [-0.2, 0) is 16.0 Å². The molecule has 34 heavy (non-hydrogen) atoms. The zero-order chi connectivity index (χ0) is 23.7. The molecule has 0 aromatic heterocycles. The minimum absolute atomic E-state index is 0.0919. The molecule has 1 aliphatic heterocycles. The fourth-order valence-corrected chi connectivity index (χ4v) is 4.56. The topological polar surface area (TPSA) is 58.6 Å². The molecule has 1 atom stereocenters. The summed E-state index contributed by atoms with van der Waals surface area (Å²) in [7, 11) is 0. The Morgan fingerprint density at radius 1 is 1.06 bits per heavy atom. The fraction of sp³-hybridized carbons (Fsp3) is 0.286. The zero-order valence-electron chi connectivity index (χ0n) is 19.1. The molecule has 0 unspecified atom stereocenters. The molecule has 5 rings (SSSR count). The molecule has 0 saturated heterocycles. The highest BCUT2D eigenvalue weighted by molar-refractivity contribution is 5.92. The van der Waals surface area contributed by atoms with Crippen LogP contribution >= 0.6 is 0 Å². The summed E-state index contributed by atoms with van der Waals surface area (Å²) in [6.45, 7) is 2.47. The molecule has 0 spiro atoms. The van der Waals surface area contributed by atoms with Gasteiger partial charge in [0.2, 0.25) is 5.91 Å². The summed E-state index contributed by atoms with van der Waals surface area (Å²) in [5, 5.41) is 2.84. The van der Waals surface area contributed by atoms with Crippen molar-refractivity contribution in [1.82, 2.24) is 4.90 Å². The van der Waals surface area contributed by atoms with Crippen LogP contribution in [0.1, 0.15) is 41.1 Å². The van der Waals surface area contributed by atoms with Crippen LogP contribution in [0.25, 0.3) is 0 Å². The van der Waals surface area contributed by atoms with Gasteiger partial charge in [0.15, 0.2) is 6.61 Å². The van der Waals surface area contributed by atoms with Crippen LogP contribution in [0.3, 0.4) is 0 Å². The molecule has 6 heteroatoms. The number of carbonyl (C=O) groups is 2. The molecule has 0 bridgehead atoms. The van der Waals surface area contributed by atoms with Gasteiger partial charge < -0.3 is 15.0 Å². The summed E-state index contributed by atoms with van der Waals surface area (Å²) in [4.78, 5) is 27.4. The average molecular weight is 459 g/mol. The predicted molar refractivity (Wildman–Crippen MR) is 128 cm³/mol. The predicted octanol–water partition coefficient (Wildman–Crippen LogP) is 5.04. The van der Waals surface area contributed by atoms with E-state index in [-0.39, 0.29) is 36.2 Å². The van der Waals surface area contributed by atoms with Gasteiger partial charge in [-0.25, -0.2) is 4.39 Å². The van der Waals surface area contributed by atoms with Gasteiger partial charge >= 0.3 is 0 Å². The van der Waals surface area contributed by atoms with E-state index in [1.165, 1.54) is 12.1 Å². The largest absolute Gasteiger partial charge is 0.484 e. The van der Waals surface area contributed by atoms with Gasteiger partial charge in [0.05, 0.1) is 6.04 Å². The van der Waals surface area contributed by atoms with Crippen molar-refractivity contribution in [3.05, 3.63) is 94.8 Å². The van der Waals surface area contributed by atoms with E-state index in [4.69, 9.17) is 4.74 Å². The Hall–Kier alpha value is -3.67. The number of anilines is 1. The smallest absolute Gasteiger partial charge is 0.262 e. The third-order valence-electron chi connectivity index (χ3n) is 6.41.